The van der Waals surface area contributed by atoms with Crippen molar-refractivity contribution in [3.8, 4) is 0 Å². The van der Waals surface area contributed by atoms with Gasteiger partial charge in [0.2, 0.25) is 11.8 Å². The number of benzene rings is 2. The molecule has 0 atom stereocenters. The zero-order valence-corrected chi connectivity index (χ0v) is 14.4. The minimum atomic E-state index is -1.06. The Labute approximate surface area is 147 Å². The topological polar surface area (TPSA) is 58.2 Å². The summed E-state index contributed by atoms with van der Waals surface area (Å²) in [5, 5.41) is 5.46. The molecule has 2 aromatic rings. The lowest BCUT2D eigenvalue weighted by Gasteiger charge is -2.16. The molecule has 1 aliphatic rings. The number of carbonyl (C=O) groups excluding carboxylic acids is 2. The van der Waals surface area contributed by atoms with Gasteiger partial charge in [0.15, 0.2) is 0 Å². The van der Waals surface area contributed by atoms with Crippen LogP contribution in [0, 0.1) is 11.2 Å². The smallest absolute Gasteiger partial charge is 0.240 e. The van der Waals surface area contributed by atoms with E-state index in [1.165, 1.54) is 6.07 Å². The van der Waals surface area contributed by atoms with Crippen LogP contribution >= 0.6 is 15.9 Å². The molecule has 2 aromatic carbocycles. The molecule has 0 aliphatic heterocycles. The third-order valence-corrected chi connectivity index (χ3v) is 4.83. The van der Waals surface area contributed by atoms with Crippen molar-refractivity contribution < 1.29 is 14.0 Å². The van der Waals surface area contributed by atoms with Crippen molar-refractivity contribution >= 4 is 33.4 Å². The van der Waals surface area contributed by atoms with E-state index in [0.29, 0.717) is 24.1 Å². The summed E-state index contributed by atoms with van der Waals surface area (Å²) < 4.78 is 14.4. The highest BCUT2D eigenvalue weighted by molar-refractivity contribution is 9.10. The first-order valence-corrected chi connectivity index (χ1v) is 8.40. The molecule has 1 saturated carbocycles. The van der Waals surface area contributed by atoms with Gasteiger partial charge < -0.3 is 10.6 Å². The van der Waals surface area contributed by atoms with Crippen LogP contribution in [0.1, 0.15) is 18.4 Å². The summed E-state index contributed by atoms with van der Waals surface area (Å²) in [6, 6.07) is 13.5. The van der Waals surface area contributed by atoms with E-state index >= 15 is 0 Å². The number of para-hydroxylation sites is 1. The van der Waals surface area contributed by atoms with E-state index in [4.69, 9.17) is 0 Å². The van der Waals surface area contributed by atoms with Crippen LogP contribution in [0.4, 0.5) is 10.1 Å². The van der Waals surface area contributed by atoms with Gasteiger partial charge >= 0.3 is 0 Å². The number of amides is 2. The molecule has 2 N–H and O–H groups in total. The highest BCUT2D eigenvalue weighted by Crippen LogP contribution is 2.47. The standard InChI is InChI=1S/C18H16BrFN2O2/c19-13-6-2-4-8-15(13)22-17(24)18(9-10-18)16(23)21-11-12-5-1-3-7-14(12)20/h1-8H,9-11H2,(H,21,23)(H,22,24). The average molecular weight is 391 g/mol. The van der Waals surface area contributed by atoms with Crippen LogP contribution in [0.25, 0.3) is 0 Å². The molecule has 0 aromatic heterocycles. The molecular formula is C18H16BrFN2O2. The van der Waals surface area contributed by atoms with Crippen molar-refractivity contribution in [1.82, 2.24) is 5.32 Å². The Balaban J connectivity index is 1.65. The van der Waals surface area contributed by atoms with Crippen molar-refractivity contribution in [3.63, 3.8) is 0 Å². The van der Waals surface area contributed by atoms with Gasteiger partial charge in [0.05, 0.1) is 5.69 Å². The third kappa shape index (κ3) is 3.33. The third-order valence-electron chi connectivity index (χ3n) is 4.14. The van der Waals surface area contributed by atoms with Crippen LogP contribution in [-0.2, 0) is 16.1 Å². The second-order valence-corrected chi connectivity index (χ2v) is 6.64. The maximum absolute atomic E-state index is 13.6. The molecule has 3 rings (SSSR count). The Kier molecular flexibility index (Phi) is 4.66. The maximum atomic E-state index is 13.6. The lowest BCUT2D eigenvalue weighted by Crippen LogP contribution is -2.39. The summed E-state index contributed by atoms with van der Waals surface area (Å²) in [6.07, 6.45) is 0.985. The second kappa shape index (κ2) is 6.73. The van der Waals surface area contributed by atoms with Gasteiger partial charge in [0.25, 0.3) is 0 Å². The monoisotopic (exact) mass is 390 g/mol. The van der Waals surface area contributed by atoms with Gasteiger partial charge in [-0.25, -0.2) is 4.39 Å². The van der Waals surface area contributed by atoms with Crippen molar-refractivity contribution in [2.75, 3.05) is 5.32 Å². The van der Waals surface area contributed by atoms with Crippen LogP contribution in [0.2, 0.25) is 0 Å². The van der Waals surface area contributed by atoms with Gasteiger partial charge in [-0.3, -0.25) is 9.59 Å². The van der Waals surface area contributed by atoms with Gasteiger partial charge in [-0.05, 0) is 47.0 Å². The first-order valence-electron chi connectivity index (χ1n) is 7.61. The van der Waals surface area contributed by atoms with Crippen LogP contribution < -0.4 is 10.6 Å². The number of rotatable bonds is 5. The SMILES string of the molecule is O=C(NCc1ccccc1F)C1(C(=O)Nc2ccccc2Br)CC1. The second-order valence-electron chi connectivity index (χ2n) is 5.79. The molecule has 0 bridgehead atoms. The number of hydrogen-bond donors (Lipinski definition) is 2. The molecule has 0 saturated heterocycles. The Morgan fingerprint density at radius 1 is 1.04 bits per heavy atom. The molecule has 0 heterocycles. The maximum Gasteiger partial charge on any atom is 0.240 e. The molecule has 6 heteroatoms. The van der Waals surface area contributed by atoms with Crippen LogP contribution in [0.15, 0.2) is 53.0 Å². The quantitative estimate of drug-likeness (QED) is 0.765. The summed E-state index contributed by atoms with van der Waals surface area (Å²) in [4.78, 5) is 24.9. The molecule has 0 spiro atoms. The highest BCUT2D eigenvalue weighted by Gasteiger charge is 2.56. The first-order chi connectivity index (χ1) is 11.5. The number of anilines is 1. The fraction of sp³-hybridized carbons (Fsp3) is 0.222. The van der Waals surface area contributed by atoms with E-state index in [9.17, 15) is 14.0 Å². The fourth-order valence-electron chi connectivity index (χ4n) is 2.47. The van der Waals surface area contributed by atoms with Gasteiger partial charge in [0.1, 0.15) is 11.2 Å². The Hall–Kier alpha value is -2.21. The van der Waals surface area contributed by atoms with Crippen molar-refractivity contribution in [3.05, 3.63) is 64.4 Å². The molecule has 2 amide bonds. The number of carbonyl (C=O) groups is 2. The summed E-state index contributed by atoms with van der Waals surface area (Å²) in [5.41, 5.74) is -0.0379. The van der Waals surface area contributed by atoms with Gasteiger partial charge in [-0.2, -0.15) is 0 Å². The minimum Gasteiger partial charge on any atom is -0.351 e. The molecule has 24 heavy (non-hydrogen) atoms. The van der Waals surface area contributed by atoms with Gasteiger partial charge in [-0.15, -0.1) is 0 Å². The van der Waals surface area contributed by atoms with Crippen LogP contribution in [0.3, 0.4) is 0 Å². The molecule has 1 aliphatic carbocycles. The Morgan fingerprint density at radius 2 is 1.71 bits per heavy atom. The van der Waals surface area contributed by atoms with Crippen molar-refractivity contribution in [2.24, 2.45) is 5.41 Å². The van der Waals surface area contributed by atoms with E-state index in [0.717, 1.165) is 4.47 Å². The minimum absolute atomic E-state index is 0.0650. The number of halogens is 2. The Morgan fingerprint density at radius 3 is 2.38 bits per heavy atom. The highest BCUT2D eigenvalue weighted by atomic mass is 79.9. The predicted molar refractivity (Wildman–Crippen MR) is 92.7 cm³/mol. The Bertz CT molecular complexity index is 790. The molecule has 0 unspecified atom stereocenters. The van der Waals surface area contributed by atoms with E-state index < -0.39 is 5.41 Å². The number of hydrogen-bond acceptors (Lipinski definition) is 2. The predicted octanol–water partition coefficient (Wildman–Crippen LogP) is 3.62. The average Bonchev–Trinajstić information content (AvgIpc) is 3.38. The van der Waals surface area contributed by atoms with E-state index in [2.05, 4.69) is 26.6 Å². The summed E-state index contributed by atoms with van der Waals surface area (Å²) >= 11 is 3.36. The zero-order valence-electron chi connectivity index (χ0n) is 12.8. The fourth-order valence-corrected chi connectivity index (χ4v) is 2.86. The van der Waals surface area contributed by atoms with Gasteiger partial charge in [-0.1, -0.05) is 30.3 Å². The molecular weight excluding hydrogens is 375 g/mol. The molecule has 4 nitrogen and oxygen atoms in total. The van der Waals surface area contributed by atoms with Gasteiger partial charge in [0, 0.05) is 16.6 Å². The molecule has 1 fully saturated rings. The van der Waals surface area contributed by atoms with E-state index in [1.807, 2.05) is 12.1 Å². The van der Waals surface area contributed by atoms with Crippen molar-refractivity contribution in [1.29, 1.82) is 0 Å². The zero-order chi connectivity index (χ0) is 17.2. The lowest BCUT2D eigenvalue weighted by atomic mass is 10.0. The van der Waals surface area contributed by atoms with Crippen molar-refractivity contribution in [2.45, 2.75) is 19.4 Å². The molecule has 0 radical (unpaired) electrons. The lowest BCUT2D eigenvalue weighted by molar-refractivity contribution is -0.134. The first kappa shape index (κ1) is 16.6. The largest absolute Gasteiger partial charge is 0.351 e. The summed E-state index contributed by atoms with van der Waals surface area (Å²) in [6.45, 7) is 0.0650. The number of nitrogens with one attached hydrogen (secondary N) is 2. The van der Waals surface area contributed by atoms with Crippen LogP contribution in [0.5, 0.6) is 0 Å². The van der Waals surface area contributed by atoms with Crippen LogP contribution in [-0.4, -0.2) is 11.8 Å². The van der Waals surface area contributed by atoms with E-state index in [-0.39, 0.29) is 24.2 Å². The molecule has 124 valence electrons. The normalized spacial score (nSPS) is 14.8. The summed E-state index contributed by atoms with van der Waals surface area (Å²) in [5.74, 6) is -1.07. The van der Waals surface area contributed by atoms with E-state index in [1.54, 1.807) is 30.3 Å². The summed E-state index contributed by atoms with van der Waals surface area (Å²) in [7, 11) is 0.